The van der Waals surface area contributed by atoms with Crippen LogP contribution in [0.5, 0.6) is 5.75 Å². The van der Waals surface area contributed by atoms with Gasteiger partial charge in [-0.15, -0.1) is 0 Å². The number of ether oxygens (including phenoxy) is 2. The summed E-state index contributed by atoms with van der Waals surface area (Å²) in [6, 6.07) is 5.82. The molecule has 2 rings (SSSR count). The van der Waals surface area contributed by atoms with Crippen LogP contribution in [0.15, 0.2) is 18.2 Å². The number of benzene rings is 1. The Bertz CT molecular complexity index is 431. The zero-order valence-electron chi connectivity index (χ0n) is 10.5. The van der Waals surface area contributed by atoms with Crippen LogP contribution in [0.3, 0.4) is 0 Å². The number of thiocarbonyl (C=S) groups is 1. The van der Waals surface area contributed by atoms with Crippen LogP contribution in [0.2, 0.25) is 0 Å². The number of nitrogens with two attached hydrogens (primary N) is 1. The molecule has 1 aromatic rings. The minimum Gasteiger partial charge on any atom is -0.496 e. The minimum absolute atomic E-state index is 0.417. The molecule has 1 saturated heterocycles. The van der Waals surface area contributed by atoms with E-state index < -0.39 is 0 Å². The lowest BCUT2D eigenvalue weighted by Crippen LogP contribution is -2.35. The second-order valence-corrected chi connectivity index (χ2v) is 4.72. The van der Waals surface area contributed by atoms with Gasteiger partial charge in [0, 0.05) is 30.8 Å². The van der Waals surface area contributed by atoms with Gasteiger partial charge in [-0.2, -0.15) is 0 Å². The molecule has 0 spiro atoms. The van der Waals surface area contributed by atoms with E-state index in [4.69, 9.17) is 27.4 Å². The maximum absolute atomic E-state index is 5.66. The summed E-state index contributed by atoms with van der Waals surface area (Å²) < 4.78 is 10.7. The normalized spacial score (nSPS) is 16.5. The summed E-state index contributed by atoms with van der Waals surface area (Å²) in [7, 11) is 1.68. The highest BCUT2D eigenvalue weighted by atomic mass is 32.1. The topological polar surface area (TPSA) is 47.7 Å². The average molecular weight is 266 g/mol. The van der Waals surface area contributed by atoms with Crippen molar-refractivity contribution in [3.8, 4) is 5.75 Å². The van der Waals surface area contributed by atoms with Crippen LogP contribution in [-0.4, -0.2) is 43.3 Å². The van der Waals surface area contributed by atoms with E-state index in [1.165, 1.54) is 0 Å². The van der Waals surface area contributed by atoms with Gasteiger partial charge in [-0.25, -0.2) is 0 Å². The molecule has 0 aliphatic carbocycles. The summed E-state index contributed by atoms with van der Waals surface area (Å²) in [4.78, 5) is 2.76. The van der Waals surface area contributed by atoms with Crippen molar-refractivity contribution in [2.75, 3.05) is 33.4 Å². The Kier molecular flexibility index (Phi) is 4.52. The second kappa shape index (κ2) is 6.13. The van der Waals surface area contributed by atoms with Crippen molar-refractivity contribution in [1.29, 1.82) is 0 Å². The van der Waals surface area contributed by atoms with Crippen LogP contribution >= 0.6 is 12.2 Å². The van der Waals surface area contributed by atoms with Gasteiger partial charge in [0.25, 0.3) is 0 Å². The molecule has 1 aliphatic heterocycles. The Hall–Kier alpha value is -1.17. The SMILES string of the molecule is COc1ccc(C(N)=S)cc1CN1CCOCC1. The number of methoxy groups -OCH3 is 1. The van der Waals surface area contributed by atoms with E-state index in [0.29, 0.717) is 4.99 Å². The predicted molar refractivity (Wildman–Crippen MR) is 75.0 cm³/mol. The van der Waals surface area contributed by atoms with Crippen molar-refractivity contribution in [2.24, 2.45) is 5.73 Å². The molecule has 98 valence electrons. The molecule has 0 bridgehead atoms. The molecule has 4 nitrogen and oxygen atoms in total. The van der Waals surface area contributed by atoms with E-state index in [1.54, 1.807) is 7.11 Å². The van der Waals surface area contributed by atoms with E-state index >= 15 is 0 Å². The lowest BCUT2D eigenvalue weighted by Gasteiger charge is -2.27. The average Bonchev–Trinajstić information content (AvgIpc) is 2.39. The summed E-state index contributed by atoms with van der Waals surface area (Å²) in [5.41, 5.74) is 7.66. The molecule has 1 heterocycles. The van der Waals surface area contributed by atoms with E-state index in [-0.39, 0.29) is 0 Å². The molecule has 1 fully saturated rings. The van der Waals surface area contributed by atoms with E-state index in [0.717, 1.165) is 49.7 Å². The maximum atomic E-state index is 5.66. The van der Waals surface area contributed by atoms with Gasteiger partial charge in [0.15, 0.2) is 0 Å². The molecule has 1 aromatic carbocycles. The van der Waals surface area contributed by atoms with Gasteiger partial charge >= 0.3 is 0 Å². The Morgan fingerprint density at radius 3 is 2.78 bits per heavy atom. The number of nitrogens with zero attached hydrogens (tertiary/aromatic N) is 1. The summed E-state index contributed by atoms with van der Waals surface area (Å²) in [5, 5.41) is 0. The van der Waals surface area contributed by atoms with Crippen LogP contribution in [-0.2, 0) is 11.3 Å². The van der Waals surface area contributed by atoms with Crippen LogP contribution in [0.4, 0.5) is 0 Å². The third-order valence-electron chi connectivity index (χ3n) is 3.06. The molecular weight excluding hydrogens is 248 g/mol. The van der Waals surface area contributed by atoms with E-state index in [9.17, 15) is 0 Å². The van der Waals surface area contributed by atoms with Crippen molar-refractivity contribution >= 4 is 17.2 Å². The first kappa shape index (κ1) is 13.3. The molecule has 0 saturated carbocycles. The zero-order valence-corrected chi connectivity index (χ0v) is 11.3. The first-order valence-electron chi connectivity index (χ1n) is 5.97. The van der Waals surface area contributed by atoms with Gasteiger partial charge in [-0.1, -0.05) is 12.2 Å². The highest BCUT2D eigenvalue weighted by molar-refractivity contribution is 7.80. The number of rotatable bonds is 4. The van der Waals surface area contributed by atoms with Gasteiger partial charge in [-0.3, -0.25) is 4.90 Å². The largest absolute Gasteiger partial charge is 0.496 e. The Balaban J connectivity index is 2.17. The Labute approximate surface area is 113 Å². The molecule has 0 unspecified atom stereocenters. The maximum Gasteiger partial charge on any atom is 0.123 e. The number of morpholine rings is 1. The van der Waals surface area contributed by atoms with Gasteiger partial charge in [-0.05, 0) is 18.2 Å². The monoisotopic (exact) mass is 266 g/mol. The standard InChI is InChI=1S/C13H18N2O2S/c1-16-12-3-2-10(13(14)18)8-11(12)9-15-4-6-17-7-5-15/h2-3,8H,4-7,9H2,1H3,(H2,14,18). The van der Waals surface area contributed by atoms with Crippen molar-refractivity contribution in [3.05, 3.63) is 29.3 Å². The fraction of sp³-hybridized carbons (Fsp3) is 0.462. The van der Waals surface area contributed by atoms with Gasteiger partial charge in [0.2, 0.25) is 0 Å². The number of hydrogen-bond acceptors (Lipinski definition) is 4. The molecule has 2 N–H and O–H groups in total. The molecule has 0 amide bonds. The van der Waals surface area contributed by atoms with E-state index in [2.05, 4.69) is 4.90 Å². The summed E-state index contributed by atoms with van der Waals surface area (Å²) in [6.07, 6.45) is 0. The van der Waals surface area contributed by atoms with Crippen LogP contribution in [0, 0.1) is 0 Å². The van der Waals surface area contributed by atoms with E-state index in [1.807, 2.05) is 18.2 Å². The quantitative estimate of drug-likeness (QED) is 0.829. The fourth-order valence-corrected chi connectivity index (χ4v) is 2.18. The highest BCUT2D eigenvalue weighted by Gasteiger charge is 2.14. The number of hydrogen-bond donors (Lipinski definition) is 1. The predicted octanol–water partition coefficient (Wildman–Crippen LogP) is 1.16. The third-order valence-corrected chi connectivity index (χ3v) is 3.30. The summed E-state index contributed by atoms with van der Waals surface area (Å²) >= 11 is 5.01. The van der Waals surface area contributed by atoms with Gasteiger partial charge in [0.05, 0.1) is 20.3 Å². The summed E-state index contributed by atoms with van der Waals surface area (Å²) in [6.45, 7) is 4.30. The smallest absolute Gasteiger partial charge is 0.123 e. The highest BCUT2D eigenvalue weighted by Crippen LogP contribution is 2.22. The Morgan fingerprint density at radius 2 is 2.17 bits per heavy atom. The van der Waals surface area contributed by atoms with Crippen molar-refractivity contribution in [1.82, 2.24) is 4.90 Å². The second-order valence-electron chi connectivity index (χ2n) is 4.28. The first-order valence-corrected chi connectivity index (χ1v) is 6.38. The fourth-order valence-electron chi connectivity index (χ4n) is 2.06. The van der Waals surface area contributed by atoms with Gasteiger partial charge in [0.1, 0.15) is 10.7 Å². The molecule has 0 radical (unpaired) electrons. The van der Waals surface area contributed by atoms with Crippen LogP contribution in [0.1, 0.15) is 11.1 Å². The van der Waals surface area contributed by atoms with Crippen molar-refractivity contribution in [3.63, 3.8) is 0 Å². The van der Waals surface area contributed by atoms with Gasteiger partial charge < -0.3 is 15.2 Å². The molecule has 0 atom stereocenters. The zero-order chi connectivity index (χ0) is 13.0. The van der Waals surface area contributed by atoms with Crippen LogP contribution in [0.25, 0.3) is 0 Å². The molecule has 1 aliphatic rings. The Morgan fingerprint density at radius 1 is 1.44 bits per heavy atom. The molecule has 5 heteroatoms. The first-order chi connectivity index (χ1) is 8.70. The lowest BCUT2D eigenvalue weighted by atomic mass is 10.1. The molecule has 18 heavy (non-hydrogen) atoms. The lowest BCUT2D eigenvalue weighted by molar-refractivity contribution is 0.0339. The van der Waals surface area contributed by atoms with Crippen molar-refractivity contribution < 1.29 is 9.47 Å². The van der Waals surface area contributed by atoms with Crippen LogP contribution < -0.4 is 10.5 Å². The van der Waals surface area contributed by atoms with Crippen molar-refractivity contribution in [2.45, 2.75) is 6.54 Å². The summed E-state index contributed by atoms with van der Waals surface area (Å²) in [5.74, 6) is 0.876. The molecule has 0 aromatic heterocycles. The third kappa shape index (κ3) is 3.19. The minimum atomic E-state index is 0.417. The molecular formula is C13H18N2O2S.